The molecule has 9 heteroatoms. The number of aryl methyl sites for hydroxylation is 2. The average Bonchev–Trinajstić information content (AvgIpc) is 2.99. The van der Waals surface area contributed by atoms with Crippen molar-refractivity contribution in [1.29, 1.82) is 0 Å². The van der Waals surface area contributed by atoms with Crippen LogP contribution < -0.4 is 4.72 Å². The van der Waals surface area contributed by atoms with E-state index in [4.69, 9.17) is 0 Å². The third-order valence-corrected chi connectivity index (χ3v) is 6.86. The van der Waals surface area contributed by atoms with Crippen molar-refractivity contribution in [2.24, 2.45) is 0 Å². The number of benzene rings is 2. The molecule has 0 bridgehead atoms. The van der Waals surface area contributed by atoms with E-state index in [-0.39, 0.29) is 30.1 Å². The van der Waals surface area contributed by atoms with Crippen LogP contribution in [0.25, 0.3) is 4.72 Å². The van der Waals surface area contributed by atoms with Crippen LogP contribution in [0.5, 0.6) is 0 Å². The number of fused-ring (bicyclic) bond motifs is 2. The number of sulfonamides is 2. The molecular weight excluding hydrogens is 471 g/mol. The molecule has 0 amide bonds. The van der Waals surface area contributed by atoms with Gasteiger partial charge in [-0.15, -0.1) is 5.69 Å². The molecule has 2 aliphatic heterocycles. The monoisotopic (exact) mass is 504 g/mol. The maximum atomic E-state index is 11.3. The molecule has 173 valence electrons. The van der Waals surface area contributed by atoms with E-state index in [9.17, 15) is 16.8 Å². The van der Waals surface area contributed by atoms with Gasteiger partial charge in [0.1, 0.15) is 0 Å². The molecule has 2 heterocycles. The molecule has 0 atom stereocenters. The number of para-hydroxylation sites is 1. The predicted octanol–water partition coefficient (Wildman–Crippen LogP) is 5.39. The summed E-state index contributed by atoms with van der Waals surface area (Å²) in [6.07, 6.45) is 3.01. The quantitative estimate of drug-likeness (QED) is 0.520. The Hall–Kier alpha value is -1.48. The molecule has 4 rings (SSSR count). The summed E-state index contributed by atoms with van der Waals surface area (Å²) in [6.45, 7) is 8.00. The first-order valence-corrected chi connectivity index (χ1v) is 13.7. The van der Waals surface area contributed by atoms with Crippen molar-refractivity contribution in [3.63, 3.8) is 0 Å². The van der Waals surface area contributed by atoms with E-state index in [2.05, 4.69) is 9.44 Å². The minimum absolute atomic E-state index is 0. The summed E-state index contributed by atoms with van der Waals surface area (Å²) in [7, 11) is -6.29. The fourth-order valence-corrected chi connectivity index (χ4v) is 5.20. The van der Waals surface area contributed by atoms with Crippen LogP contribution >= 0.6 is 0 Å². The van der Waals surface area contributed by atoms with Gasteiger partial charge in [0.2, 0.25) is 10.0 Å². The van der Waals surface area contributed by atoms with Crippen LogP contribution in [0.4, 0.5) is 11.4 Å². The van der Waals surface area contributed by atoms with Crippen molar-refractivity contribution in [2.75, 3.05) is 16.2 Å². The smallest absolute Gasteiger partial charge is 0.232 e. The first-order chi connectivity index (χ1) is 14.3. The van der Waals surface area contributed by atoms with Gasteiger partial charge in [0.05, 0.1) is 21.5 Å². The molecule has 31 heavy (non-hydrogen) atoms. The Morgan fingerprint density at radius 3 is 1.94 bits per heavy atom. The Labute approximate surface area is 200 Å². The summed E-state index contributed by atoms with van der Waals surface area (Å²) in [5.74, 6) is 0.392. The van der Waals surface area contributed by atoms with Gasteiger partial charge in [-0.05, 0) is 37.3 Å². The normalized spacial score (nSPS) is 16.9. The van der Waals surface area contributed by atoms with Crippen molar-refractivity contribution in [2.45, 2.75) is 53.4 Å². The van der Waals surface area contributed by atoms with Crippen LogP contribution in [0.3, 0.4) is 0 Å². The number of anilines is 1. The second-order valence-corrected chi connectivity index (χ2v) is 9.89. The van der Waals surface area contributed by atoms with Gasteiger partial charge in [0.15, 0.2) is 0 Å². The van der Waals surface area contributed by atoms with E-state index in [1.807, 2.05) is 64.1 Å². The zero-order valence-electron chi connectivity index (χ0n) is 18.7. The van der Waals surface area contributed by atoms with Crippen LogP contribution in [0.1, 0.15) is 51.7 Å². The molecule has 0 aromatic heterocycles. The molecule has 1 radical (unpaired) electrons. The molecule has 0 fully saturated rings. The molecule has 2 aromatic carbocycles. The average molecular weight is 505 g/mol. The van der Waals surface area contributed by atoms with E-state index in [0.717, 1.165) is 29.7 Å². The van der Waals surface area contributed by atoms with Gasteiger partial charge in [-0.2, -0.15) is 0 Å². The zero-order chi connectivity index (χ0) is 22.6. The minimum atomic E-state index is -3.21. The van der Waals surface area contributed by atoms with Crippen LogP contribution in [-0.2, 0) is 51.4 Å². The van der Waals surface area contributed by atoms with Gasteiger partial charge < -0.3 is 4.72 Å². The Morgan fingerprint density at radius 2 is 1.26 bits per heavy atom. The second kappa shape index (κ2) is 14.6. The molecule has 2 aromatic rings. The van der Waals surface area contributed by atoms with E-state index in [1.54, 1.807) is 12.1 Å². The molecule has 0 unspecified atom stereocenters. The fourth-order valence-electron chi connectivity index (χ4n) is 2.96. The van der Waals surface area contributed by atoms with Gasteiger partial charge in [0.25, 0.3) is 0 Å². The number of rotatable bonds is 0. The molecule has 6 nitrogen and oxygen atoms in total. The maximum absolute atomic E-state index is 11.3. The molecule has 0 saturated heterocycles. The van der Waals surface area contributed by atoms with E-state index < -0.39 is 20.0 Å². The molecule has 0 saturated carbocycles. The van der Waals surface area contributed by atoms with Crippen molar-refractivity contribution < 1.29 is 35.4 Å². The third kappa shape index (κ3) is 10.1. The van der Waals surface area contributed by atoms with E-state index >= 15 is 0 Å². The van der Waals surface area contributed by atoms with Crippen molar-refractivity contribution in [3.05, 3.63) is 64.4 Å². The minimum Gasteiger partial charge on any atom is -0.577 e. The van der Waals surface area contributed by atoms with Gasteiger partial charge in [-0.1, -0.05) is 75.7 Å². The standard InChI is InChI=1S/C9H11NO2S.C9H10NO2S.2C2H6.V/c2*11-13(12)7-3-5-8-4-1-2-6-9(8)10-13;2*1-2;/h1-2,4,6,10H,3,5,7H2;1-2,4,6H,3,5,7H2;2*1-2H3;/q;-1;;;. The first-order valence-electron chi connectivity index (χ1n) is 10.5. The van der Waals surface area contributed by atoms with Gasteiger partial charge in [-0.25, -0.2) is 16.8 Å². The van der Waals surface area contributed by atoms with E-state index in [0.29, 0.717) is 18.5 Å². The summed E-state index contributed by atoms with van der Waals surface area (Å²) >= 11 is 0. The Morgan fingerprint density at radius 1 is 0.742 bits per heavy atom. The third-order valence-electron chi connectivity index (χ3n) is 4.22. The van der Waals surface area contributed by atoms with Crippen LogP contribution in [-0.4, -0.2) is 28.3 Å². The van der Waals surface area contributed by atoms with Crippen molar-refractivity contribution in [3.8, 4) is 0 Å². The second-order valence-electron chi connectivity index (χ2n) is 6.29. The first kappa shape index (κ1) is 29.5. The summed E-state index contributed by atoms with van der Waals surface area (Å²) in [6, 6.07) is 14.9. The summed E-state index contributed by atoms with van der Waals surface area (Å²) < 4.78 is 51.5. The number of hydrogen-bond donors (Lipinski definition) is 1. The Balaban J connectivity index is 0.000000487. The maximum Gasteiger partial charge on any atom is 0.232 e. The largest absolute Gasteiger partial charge is 0.577 e. The van der Waals surface area contributed by atoms with Crippen LogP contribution in [0.2, 0.25) is 0 Å². The molecular formula is C22H33N2O4S2V-. The molecule has 1 N–H and O–H groups in total. The number of nitrogens with one attached hydrogen (secondary N) is 1. The fraction of sp³-hybridized carbons (Fsp3) is 0.455. The van der Waals surface area contributed by atoms with Gasteiger partial charge in [-0.3, -0.25) is 4.72 Å². The van der Waals surface area contributed by atoms with Crippen molar-refractivity contribution in [1.82, 2.24) is 0 Å². The van der Waals surface area contributed by atoms with E-state index in [1.165, 1.54) is 0 Å². The predicted molar refractivity (Wildman–Crippen MR) is 126 cm³/mol. The summed E-state index contributed by atoms with van der Waals surface area (Å²) in [4.78, 5) is 0. The van der Waals surface area contributed by atoms with Crippen molar-refractivity contribution >= 4 is 31.4 Å². The number of nitrogens with zero attached hydrogens (tertiary/aromatic N) is 1. The van der Waals surface area contributed by atoms with Gasteiger partial charge in [0, 0.05) is 24.3 Å². The topological polar surface area (TPSA) is 94.4 Å². The molecule has 0 spiro atoms. The Kier molecular flexibility index (Phi) is 13.9. The van der Waals surface area contributed by atoms with Gasteiger partial charge >= 0.3 is 0 Å². The molecule has 0 aliphatic carbocycles. The molecule has 2 aliphatic rings. The SMILES string of the molecule is CC.CC.O=S1(=O)CCCc2ccccc2N1.O=S1(=O)CCCc2ccccc2[N-]1.[V]. The number of hydrogen-bond acceptors (Lipinski definition) is 4. The van der Waals surface area contributed by atoms with Crippen LogP contribution in [0.15, 0.2) is 48.5 Å². The summed E-state index contributed by atoms with van der Waals surface area (Å²) in [5, 5.41) is 0. The summed E-state index contributed by atoms with van der Waals surface area (Å²) in [5.41, 5.74) is 3.46. The Bertz CT molecular complexity index is 913. The zero-order valence-corrected chi connectivity index (χ0v) is 21.7. The van der Waals surface area contributed by atoms with Crippen LogP contribution in [0, 0.1) is 0 Å².